The van der Waals surface area contributed by atoms with Crippen molar-refractivity contribution in [3.8, 4) is 0 Å². The maximum Gasteiger partial charge on any atom is 0.0665 e. The summed E-state index contributed by atoms with van der Waals surface area (Å²) in [7, 11) is 0. The van der Waals surface area contributed by atoms with Crippen molar-refractivity contribution in [3.63, 3.8) is 0 Å². The van der Waals surface area contributed by atoms with Crippen molar-refractivity contribution in [2.45, 2.75) is 26.8 Å². The van der Waals surface area contributed by atoms with Crippen molar-refractivity contribution in [1.29, 1.82) is 0 Å². The van der Waals surface area contributed by atoms with Crippen LogP contribution >= 0.6 is 0 Å². The number of benzene rings is 1. The van der Waals surface area contributed by atoms with Crippen LogP contribution in [0.15, 0.2) is 23.2 Å². The van der Waals surface area contributed by atoms with Gasteiger partial charge in [0.2, 0.25) is 0 Å². The highest BCUT2D eigenvalue weighted by Crippen LogP contribution is 2.29. The topological polar surface area (TPSA) is 38.4 Å². The van der Waals surface area contributed by atoms with E-state index in [-0.39, 0.29) is 0 Å². The molecule has 14 heavy (non-hydrogen) atoms. The van der Waals surface area contributed by atoms with Crippen LogP contribution in [0.2, 0.25) is 0 Å². The van der Waals surface area contributed by atoms with Crippen LogP contribution in [0.1, 0.15) is 25.0 Å². The Morgan fingerprint density at radius 1 is 1.43 bits per heavy atom. The first kappa shape index (κ1) is 9.41. The normalized spacial score (nSPS) is 14.4. The molecule has 0 fully saturated rings. The van der Waals surface area contributed by atoms with Gasteiger partial charge < -0.3 is 5.73 Å². The second kappa shape index (κ2) is 3.54. The van der Waals surface area contributed by atoms with Gasteiger partial charge in [0.1, 0.15) is 0 Å². The highest BCUT2D eigenvalue weighted by Gasteiger charge is 2.16. The summed E-state index contributed by atoms with van der Waals surface area (Å²) in [5, 5.41) is 0. The molecule has 0 aliphatic carbocycles. The summed E-state index contributed by atoms with van der Waals surface area (Å²) in [6.07, 6.45) is 1.00. The van der Waals surface area contributed by atoms with Crippen LogP contribution in [-0.2, 0) is 13.0 Å². The molecular formula is C12H16N2. The van der Waals surface area contributed by atoms with Crippen molar-refractivity contribution in [1.82, 2.24) is 0 Å². The second-order valence-electron chi connectivity index (χ2n) is 4.10. The van der Waals surface area contributed by atoms with Crippen molar-refractivity contribution < 1.29 is 0 Å². The third-order valence-corrected chi connectivity index (χ3v) is 2.68. The molecule has 2 nitrogen and oxygen atoms in total. The quantitative estimate of drug-likeness (QED) is 0.760. The summed E-state index contributed by atoms with van der Waals surface area (Å²) in [6, 6.07) is 6.31. The largest absolute Gasteiger partial charge is 0.326 e. The molecule has 2 heteroatoms. The molecule has 2 rings (SSSR count). The Labute approximate surface area is 84.9 Å². The van der Waals surface area contributed by atoms with E-state index >= 15 is 0 Å². The van der Waals surface area contributed by atoms with E-state index in [1.165, 1.54) is 16.8 Å². The van der Waals surface area contributed by atoms with Crippen molar-refractivity contribution in [2.75, 3.05) is 0 Å². The molecule has 0 atom stereocenters. The SMILES string of the molecule is CC(C)C1=Nc2ccc(CN)cc2C1. The molecule has 1 heterocycles. The van der Waals surface area contributed by atoms with E-state index in [1.54, 1.807) is 0 Å². The van der Waals surface area contributed by atoms with Crippen LogP contribution in [0, 0.1) is 5.92 Å². The van der Waals surface area contributed by atoms with E-state index in [0.717, 1.165) is 12.1 Å². The van der Waals surface area contributed by atoms with Gasteiger partial charge in [-0.2, -0.15) is 0 Å². The van der Waals surface area contributed by atoms with Crippen LogP contribution < -0.4 is 5.73 Å². The zero-order valence-electron chi connectivity index (χ0n) is 8.75. The lowest BCUT2D eigenvalue weighted by molar-refractivity contribution is 0.871. The third-order valence-electron chi connectivity index (χ3n) is 2.68. The van der Waals surface area contributed by atoms with Crippen molar-refractivity contribution in [2.24, 2.45) is 16.6 Å². The molecule has 0 spiro atoms. The molecule has 0 saturated carbocycles. The zero-order chi connectivity index (χ0) is 10.1. The lowest BCUT2D eigenvalue weighted by Crippen LogP contribution is -2.06. The molecular weight excluding hydrogens is 172 g/mol. The number of hydrogen-bond donors (Lipinski definition) is 1. The summed E-state index contributed by atoms with van der Waals surface area (Å²) >= 11 is 0. The Hall–Kier alpha value is -1.15. The maximum atomic E-state index is 5.60. The molecule has 1 aromatic rings. The van der Waals surface area contributed by atoms with Crippen LogP contribution in [0.25, 0.3) is 0 Å². The van der Waals surface area contributed by atoms with E-state index in [0.29, 0.717) is 12.5 Å². The van der Waals surface area contributed by atoms with Gasteiger partial charge in [-0.1, -0.05) is 26.0 Å². The predicted molar refractivity (Wildman–Crippen MR) is 60.0 cm³/mol. The third kappa shape index (κ3) is 1.58. The summed E-state index contributed by atoms with van der Waals surface area (Å²) in [5.74, 6) is 0.545. The molecule has 1 aliphatic rings. The molecule has 0 amide bonds. The Morgan fingerprint density at radius 3 is 2.86 bits per heavy atom. The summed E-state index contributed by atoms with van der Waals surface area (Å²) in [5.41, 5.74) is 10.5. The number of nitrogens with zero attached hydrogens (tertiary/aromatic N) is 1. The van der Waals surface area contributed by atoms with Crippen LogP contribution in [0.4, 0.5) is 5.69 Å². The molecule has 0 bridgehead atoms. The first-order valence-corrected chi connectivity index (χ1v) is 5.10. The van der Waals surface area contributed by atoms with Gasteiger partial charge in [-0.3, -0.25) is 4.99 Å². The molecule has 0 saturated heterocycles. The molecule has 74 valence electrons. The van der Waals surface area contributed by atoms with Crippen LogP contribution in [0.3, 0.4) is 0 Å². The number of nitrogens with two attached hydrogens (primary N) is 1. The van der Waals surface area contributed by atoms with Gasteiger partial charge in [-0.15, -0.1) is 0 Å². The number of rotatable bonds is 2. The zero-order valence-corrected chi connectivity index (χ0v) is 8.75. The summed E-state index contributed by atoms with van der Waals surface area (Å²) < 4.78 is 0. The van der Waals surface area contributed by atoms with Crippen molar-refractivity contribution in [3.05, 3.63) is 29.3 Å². The second-order valence-corrected chi connectivity index (χ2v) is 4.10. The van der Waals surface area contributed by atoms with Gasteiger partial charge >= 0.3 is 0 Å². The standard InChI is InChI=1S/C12H16N2/c1-8(2)12-6-10-5-9(7-13)3-4-11(10)14-12/h3-5,8H,6-7,13H2,1-2H3. The van der Waals surface area contributed by atoms with Gasteiger partial charge in [-0.25, -0.2) is 0 Å². The summed E-state index contributed by atoms with van der Waals surface area (Å²) in [4.78, 5) is 4.60. The Balaban J connectivity index is 2.31. The van der Waals surface area contributed by atoms with Gasteiger partial charge in [0, 0.05) is 18.7 Å². The molecule has 0 radical (unpaired) electrons. The average molecular weight is 188 g/mol. The summed E-state index contributed by atoms with van der Waals surface area (Å²) in [6.45, 7) is 4.99. The predicted octanol–water partition coefficient (Wildman–Crippen LogP) is 2.43. The van der Waals surface area contributed by atoms with E-state index in [2.05, 4.69) is 37.0 Å². The Morgan fingerprint density at radius 2 is 2.21 bits per heavy atom. The fourth-order valence-electron chi connectivity index (χ4n) is 1.74. The lowest BCUT2D eigenvalue weighted by Gasteiger charge is -2.02. The highest BCUT2D eigenvalue weighted by atomic mass is 14.8. The average Bonchev–Trinajstić information content (AvgIpc) is 2.59. The van der Waals surface area contributed by atoms with E-state index in [9.17, 15) is 0 Å². The number of hydrogen-bond acceptors (Lipinski definition) is 2. The number of aliphatic imine (C=N–C) groups is 1. The lowest BCUT2D eigenvalue weighted by atomic mass is 10.0. The van der Waals surface area contributed by atoms with E-state index in [4.69, 9.17) is 5.73 Å². The van der Waals surface area contributed by atoms with Gasteiger partial charge in [0.15, 0.2) is 0 Å². The van der Waals surface area contributed by atoms with E-state index in [1.807, 2.05) is 0 Å². The van der Waals surface area contributed by atoms with Gasteiger partial charge in [0.05, 0.1) is 5.69 Å². The molecule has 0 aromatic heterocycles. The minimum atomic E-state index is 0.545. The van der Waals surface area contributed by atoms with E-state index < -0.39 is 0 Å². The van der Waals surface area contributed by atoms with Gasteiger partial charge in [0.25, 0.3) is 0 Å². The molecule has 2 N–H and O–H groups in total. The molecule has 0 unspecified atom stereocenters. The maximum absolute atomic E-state index is 5.60. The van der Waals surface area contributed by atoms with Crippen LogP contribution in [0.5, 0.6) is 0 Å². The van der Waals surface area contributed by atoms with Gasteiger partial charge in [-0.05, 0) is 23.1 Å². The Kier molecular flexibility index (Phi) is 2.38. The fraction of sp³-hybridized carbons (Fsp3) is 0.417. The highest BCUT2D eigenvalue weighted by molar-refractivity contribution is 5.95. The first-order chi connectivity index (χ1) is 6.70. The minimum Gasteiger partial charge on any atom is -0.326 e. The molecule has 1 aliphatic heterocycles. The molecule has 1 aromatic carbocycles. The van der Waals surface area contributed by atoms with Crippen molar-refractivity contribution >= 4 is 11.4 Å². The number of fused-ring (bicyclic) bond motifs is 1. The monoisotopic (exact) mass is 188 g/mol. The minimum absolute atomic E-state index is 0.545. The van der Waals surface area contributed by atoms with Crippen LogP contribution in [-0.4, -0.2) is 5.71 Å². The fourth-order valence-corrected chi connectivity index (χ4v) is 1.74. The Bertz CT molecular complexity index is 378. The first-order valence-electron chi connectivity index (χ1n) is 5.10. The smallest absolute Gasteiger partial charge is 0.0665 e.